The first kappa shape index (κ1) is 15.9. The van der Waals surface area contributed by atoms with Crippen LogP contribution in [0.3, 0.4) is 0 Å². The molecule has 0 unspecified atom stereocenters. The number of carbonyl (C=O) groups is 2. The summed E-state index contributed by atoms with van der Waals surface area (Å²) < 4.78 is 0. The Bertz CT molecular complexity index is 521. The number of thiazole rings is 1. The predicted octanol–water partition coefficient (Wildman–Crippen LogP) is 1.71. The van der Waals surface area contributed by atoms with Crippen LogP contribution in [0.1, 0.15) is 48.1 Å². The minimum Gasteiger partial charge on any atom is -0.481 e. The highest BCUT2D eigenvalue weighted by Crippen LogP contribution is 2.36. The van der Waals surface area contributed by atoms with Gasteiger partial charge in [-0.3, -0.25) is 9.59 Å². The van der Waals surface area contributed by atoms with Gasteiger partial charge in [0, 0.05) is 25.0 Å². The second-order valence-electron chi connectivity index (χ2n) is 5.46. The number of hydrogen-bond donors (Lipinski definition) is 2. The largest absolute Gasteiger partial charge is 0.481 e. The van der Waals surface area contributed by atoms with Crippen LogP contribution in [-0.2, 0) is 11.3 Å². The summed E-state index contributed by atoms with van der Waals surface area (Å²) in [5.74, 6) is -0.864. The summed E-state index contributed by atoms with van der Waals surface area (Å²) in [6.45, 7) is 3.27. The normalized spacial score (nSPS) is 17.7. The van der Waals surface area contributed by atoms with Crippen molar-refractivity contribution in [1.82, 2.24) is 9.88 Å². The highest BCUT2D eigenvalue weighted by molar-refractivity contribution is 7.09. The molecule has 1 aliphatic heterocycles. The molecule has 1 saturated heterocycles. The van der Waals surface area contributed by atoms with Crippen LogP contribution in [0.25, 0.3) is 0 Å². The summed E-state index contributed by atoms with van der Waals surface area (Å²) in [6.07, 6.45) is 2.52. The van der Waals surface area contributed by atoms with Crippen molar-refractivity contribution in [1.29, 1.82) is 0 Å². The number of nitrogens with two attached hydrogens (primary N) is 1. The van der Waals surface area contributed by atoms with E-state index in [1.807, 2.05) is 6.92 Å². The third kappa shape index (κ3) is 3.24. The molecule has 0 aliphatic carbocycles. The van der Waals surface area contributed by atoms with E-state index in [2.05, 4.69) is 4.98 Å². The molecule has 2 heterocycles. The molecule has 1 amide bonds. The summed E-state index contributed by atoms with van der Waals surface area (Å²) in [5.41, 5.74) is 5.25. The Morgan fingerprint density at radius 2 is 2.14 bits per heavy atom. The average Bonchev–Trinajstić information content (AvgIpc) is 2.96. The molecule has 1 aromatic rings. The number of rotatable bonds is 5. The van der Waals surface area contributed by atoms with Crippen LogP contribution in [0.4, 0.5) is 0 Å². The van der Waals surface area contributed by atoms with E-state index < -0.39 is 11.4 Å². The van der Waals surface area contributed by atoms with Crippen LogP contribution < -0.4 is 5.73 Å². The van der Waals surface area contributed by atoms with Crippen LogP contribution in [0.15, 0.2) is 5.38 Å². The van der Waals surface area contributed by atoms with Gasteiger partial charge < -0.3 is 15.7 Å². The maximum Gasteiger partial charge on any atom is 0.309 e. The molecule has 0 atom stereocenters. The van der Waals surface area contributed by atoms with Crippen LogP contribution in [-0.4, -0.2) is 40.0 Å². The number of aromatic nitrogens is 1. The van der Waals surface area contributed by atoms with Gasteiger partial charge in [-0.25, -0.2) is 4.98 Å². The molecule has 6 nitrogen and oxygen atoms in total. The van der Waals surface area contributed by atoms with Gasteiger partial charge in [-0.2, -0.15) is 0 Å². The van der Waals surface area contributed by atoms with Crippen molar-refractivity contribution in [3.63, 3.8) is 0 Å². The zero-order valence-corrected chi connectivity index (χ0v) is 13.0. The van der Waals surface area contributed by atoms with Crippen LogP contribution in [0.2, 0.25) is 0 Å². The molecule has 7 heteroatoms. The van der Waals surface area contributed by atoms with E-state index >= 15 is 0 Å². The first-order chi connectivity index (χ1) is 10.0. The summed E-state index contributed by atoms with van der Waals surface area (Å²) in [4.78, 5) is 29.8. The van der Waals surface area contributed by atoms with Crippen molar-refractivity contribution in [3.8, 4) is 0 Å². The minimum absolute atomic E-state index is 0.124. The first-order valence-corrected chi connectivity index (χ1v) is 8.07. The smallest absolute Gasteiger partial charge is 0.309 e. The molecule has 21 heavy (non-hydrogen) atoms. The number of hydrogen-bond acceptors (Lipinski definition) is 5. The molecule has 1 fully saturated rings. The molecular formula is C14H21N3O3S. The number of amides is 1. The van der Waals surface area contributed by atoms with E-state index in [0.29, 0.717) is 44.6 Å². The van der Waals surface area contributed by atoms with Crippen LogP contribution in [0.5, 0.6) is 0 Å². The Morgan fingerprint density at radius 3 is 2.62 bits per heavy atom. The molecule has 3 N–H and O–H groups in total. The fourth-order valence-corrected chi connectivity index (χ4v) is 3.50. The van der Waals surface area contributed by atoms with Crippen molar-refractivity contribution >= 4 is 23.2 Å². The van der Waals surface area contributed by atoms with Gasteiger partial charge in [-0.05, 0) is 19.3 Å². The van der Waals surface area contributed by atoms with E-state index in [0.717, 1.165) is 11.4 Å². The lowest BCUT2D eigenvalue weighted by Crippen LogP contribution is -2.46. The number of likely N-dealkylation sites (tertiary alicyclic amines) is 1. The Morgan fingerprint density at radius 1 is 1.48 bits per heavy atom. The lowest BCUT2D eigenvalue weighted by molar-refractivity contribution is -0.152. The number of aliphatic carboxylic acids is 1. The number of carbonyl (C=O) groups excluding carboxylic acids is 1. The topological polar surface area (TPSA) is 96.5 Å². The Balaban J connectivity index is 2.02. The number of carboxylic acid groups (broad SMARTS) is 1. The van der Waals surface area contributed by atoms with Crippen molar-refractivity contribution < 1.29 is 14.7 Å². The molecule has 1 aromatic heterocycles. The predicted molar refractivity (Wildman–Crippen MR) is 80.1 cm³/mol. The van der Waals surface area contributed by atoms with E-state index in [-0.39, 0.29) is 5.91 Å². The molecule has 2 rings (SSSR count). The molecule has 0 bridgehead atoms. The maximum atomic E-state index is 12.3. The lowest BCUT2D eigenvalue weighted by atomic mass is 9.75. The minimum atomic E-state index is -0.740. The number of piperidine rings is 1. The van der Waals surface area contributed by atoms with Gasteiger partial charge in [0.05, 0.1) is 5.41 Å². The Hall–Kier alpha value is -1.47. The van der Waals surface area contributed by atoms with Gasteiger partial charge in [0.1, 0.15) is 10.7 Å². The van der Waals surface area contributed by atoms with Gasteiger partial charge in [0.25, 0.3) is 5.91 Å². The lowest BCUT2D eigenvalue weighted by Gasteiger charge is -2.38. The molecule has 0 radical (unpaired) electrons. The highest BCUT2D eigenvalue weighted by atomic mass is 32.1. The third-order valence-electron chi connectivity index (χ3n) is 4.14. The summed E-state index contributed by atoms with van der Waals surface area (Å²) in [7, 11) is 0. The van der Waals surface area contributed by atoms with E-state index in [1.54, 1.807) is 10.3 Å². The zero-order chi connectivity index (χ0) is 15.5. The Labute approximate surface area is 128 Å². The molecule has 1 aliphatic rings. The van der Waals surface area contributed by atoms with Crippen LogP contribution in [0, 0.1) is 5.41 Å². The average molecular weight is 311 g/mol. The highest BCUT2D eigenvalue weighted by Gasteiger charge is 2.41. The van der Waals surface area contributed by atoms with Gasteiger partial charge in [0.2, 0.25) is 0 Å². The summed E-state index contributed by atoms with van der Waals surface area (Å²) in [6, 6.07) is 0. The van der Waals surface area contributed by atoms with E-state index in [9.17, 15) is 14.7 Å². The SMILES string of the molecule is CCCC1(C(=O)O)CCN(C(=O)c2csc(CN)n2)CC1. The van der Waals surface area contributed by atoms with Gasteiger partial charge in [0.15, 0.2) is 0 Å². The fourth-order valence-electron chi connectivity index (χ4n) is 2.85. The molecule has 116 valence electrons. The summed E-state index contributed by atoms with van der Waals surface area (Å²) in [5, 5.41) is 11.9. The Kier molecular flexibility index (Phi) is 4.95. The third-order valence-corrected chi connectivity index (χ3v) is 5.01. The quantitative estimate of drug-likeness (QED) is 0.863. The maximum absolute atomic E-state index is 12.3. The number of carboxylic acids is 1. The fraction of sp³-hybridized carbons (Fsp3) is 0.643. The second-order valence-corrected chi connectivity index (χ2v) is 6.40. The van der Waals surface area contributed by atoms with Gasteiger partial charge >= 0.3 is 5.97 Å². The van der Waals surface area contributed by atoms with Crippen molar-refractivity contribution in [2.45, 2.75) is 39.2 Å². The van der Waals surface area contributed by atoms with Gasteiger partial charge in [-0.1, -0.05) is 13.3 Å². The monoisotopic (exact) mass is 311 g/mol. The van der Waals surface area contributed by atoms with Crippen molar-refractivity contribution in [2.75, 3.05) is 13.1 Å². The van der Waals surface area contributed by atoms with Crippen LogP contribution >= 0.6 is 11.3 Å². The van der Waals surface area contributed by atoms with E-state index in [4.69, 9.17) is 5.73 Å². The van der Waals surface area contributed by atoms with Gasteiger partial charge in [-0.15, -0.1) is 11.3 Å². The van der Waals surface area contributed by atoms with E-state index in [1.165, 1.54) is 11.3 Å². The number of nitrogens with zero attached hydrogens (tertiary/aromatic N) is 2. The molecule has 0 saturated carbocycles. The zero-order valence-electron chi connectivity index (χ0n) is 12.2. The molecule has 0 aromatic carbocycles. The molecular weight excluding hydrogens is 290 g/mol. The first-order valence-electron chi connectivity index (χ1n) is 7.19. The standard InChI is InChI=1S/C14H21N3O3S/c1-2-3-14(13(19)20)4-6-17(7-5-14)12(18)10-9-21-11(8-15)16-10/h9H,2-8,15H2,1H3,(H,19,20). The second kappa shape index (κ2) is 6.53. The van der Waals surface area contributed by atoms with Crippen molar-refractivity contribution in [3.05, 3.63) is 16.1 Å². The molecule has 0 spiro atoms. The summed E-state index contributed by atoms with van der Waals surface area (Å²) >= 11 is 1.38. The van der Waals surface area contributed by atoms with Crippen molar-refractivity contribution in [2.24, 2.45) is 11.1 Å².